The van der Waals surface area contributed by atoms with E-state index in [2.05, 4.69) is 20.8 Å². The number of nitrogens with one attached hydrogen (secondary N) is 2. The summed E-state index contributed by atoms with van der Waals surface area (Å²) in [5.74, 6) is 0.666. The summed E-state index contributed by atoms with van der Waals surface area (Å²) in [5, 5.41) is 14.3. The van der Waals surface area contributed by atoms with E-state index in [0.29, 0.717) is 23.4 Å². The van der Waals surface area contributed by atoms with Gasteiger partial charge < -0.3 is 5.32 Å². The second-order valence-electron chi connectivity index (χ2n) is 7.78. The largest absolute Gasteiger partial charge is 0.338 e. The van der Waals surface area contributed by atoms with Crippen molar-refractivity contribution in [2.75, 3.05) is 12.3 Å². The molecule has 7 nitrogen and oxygen atoms in total. The molecular weight excluding hydrogens is 410 g/mol. The summed E-state index contributed by atoms with van der Waals surface area (Å²) in [5.41, 5.74) is 4.15. The fraction of sp³-hybridized carbons (Fsp3) is 0.304. The average molecular weight is 438 g/mol. The number of nitrogens with zero attached hydrogens (tertiary/aromatic N) is 3. The normalized spacial score (nSPS) is 10.9. The number of rotatable bonds is 7. The molecule has 0 saturated heterocycles. The Morgan fingerprint density at radius 1 is 0.968 bits per heavy atom. The van der Waals surface area contributed by atoms with Gasteiger partial charge >= 0.3 is 6.03 Å². The first-order chi connectivity index (χ1) is 14.8. The third-order valence-electron chi connectivity index (χ3n) is 4.49. The number of hydrogen-bond donors (Lipinski definition) is 2. The van der Waals surface area contributed by atoms with Crippen LogP contribution in [-0.2, 0) is 4.79 Å². The molecule has 3 aromatic rings. The quantitative estimate of drug-likeness (QED) is 0.543. The molecule has 2 N–H and O–H groups in total. The smallest absolute Gasteiger partial charge is 0.321 e. The lowest BCUT2D eigenvalue weighted by molar-refractivity contribution is -0.117. The number of urea groups is 1. The van der Waals surface area contributed by atoms with Crippen LogP contribution in [-0.4, -0.2) is 39.0 Å². The molecule has 1 aromatic heterocycles. The molecule has 0 aliphatic carbocycles. The predicted octanol–water partition coefficient (Wildman–Crippen LogP) is 4.13. The van der Waals surface area contributed by atoms with Crippen molar-refractivity contribution in [3.63, 3.8) is 0 Å². The second-order valence-corrected chi connectivity index (χ2v) is 8.73. The van der Waals surface area contributed by atoms with Crippen molar-refractivity contribution in [1.29, 1.82) is 0 Å². The van der Waals surface area contributed by atoms with Crippen LogP contribution in [0.25, 0.3) is 17.1 Å². The maximum absolute atomic E-state index is 12.2. The van der Waals surface area contributed by atoms with Crippen molar-refractivity contribution >= 4 is 23.7 Å². The summed E-state index contributed by atoms with van der Waals surface area (Å²) in [7, 11) is 0. The Morgan fingerprint density at radius 3 is 2.19 bits per heavy atom. The van der Waals surface area contributed by atoms with Crippen molar-refractivity contribution in [2.24, 2.45) is 5.92 Å². The number of thioether (sulfide) groups is 1. The lowest BCUT2D eigenvalue weighted by Crippen LogP contribution is -2.41. The zero-order chi connectivity index (χ0) is 22.4. The number of carbonyl (C=O) groups is 2. The third-order valence-corrected chi connectivity index (χ3v) is 5.42. The lowest BCUT2D eigenvalue weighted by Gasteiger charge is -2.11. The van der Waals surface area contributed by atoms with E-state index in [9.17, 15) is 9.59 Å². The number of imide groups is 1. The van der Waals surface area contributed by atoms with E-state index < -0.39 is 6.03 Å². The molecule has 0 saturated carbocycles. The Hall–Kier alpha value is -3.13. The molecule has 0 bridgehead atoms. The highest BCUT2D eigenvalue weighted by Crippen LogP contribution is 2.28. The molecule has 0 spiro atoms. The first kappa shape index (κ1) is 22.6. The van der Waals surface area contributed by atoms with Gasteiger partial charge in [0, 0.05) is 17.8 Å². The zero-order valence-corrected chi connectivity index (χ0v) is 19.0. The van der Waals surface area contributed by atoms with Gasteiger partial charge in [0.15, 0.2) is 11.0 Å². The average Bonchev–Trinajstić information content (AvgIpc) is 3.16. The van der Waals surface area contributed by atoms with Gasteiger partial charge in [0.25, 0.3) is 0 Å². The van der Waals surface area contributed by atoms with E-state index >= 15 is 0 Å². The highest BCUT2D eigenvalue weighted by atomic mass is 32.2. The van der Waals surface area contributed by atoms with Gasteiger partial charge in [-0.15, -0.1) is 10.2 Å². The number of benzene rings is 2. The van der Waals surface area contributed by atoms with Crippen molar-refractivity contribution in [3.05, 3.63) is 59.7 Å². The summed E-state index contributed by atoms with van der Waals surface area (Å²) >= 11 is 1.24. The van der Waals surface area contributed by atoms with Gasteiger partial charge in [0.1, 0.15) is 0 Å². The Balaban J connectivity index is 1.80. The van der Waals surface area contributed by atoms with E-state index in [1.807, 2.05) is 80.8 Å². The molecule has 0 atom stereocenters. The van der Waals surface area contributed by atoms with Crippen molar-refractivity contribution in [1.82, 2.24) is 25.4 Å². The molecule has 162 valence electrons. The molecule has 31 heavy (non-hydrogen) atoms. The van der Waals surface area contributed by atoms with E-state index in [1.165, 1.54) is 11.8 Å². The number of amides is 3. The van der Waals surface area contributed by atoms with Gasteiger partial charge in [-0.3, -0.25) is 14.7 Å². The van der Waals surface area contributed by atoms with Crippen LogP contribution >= 0.6 is 11.8 Å². The van der Waals surface area contributed by atoms with Crippen LogP contribution in [0.5, 0.6) is 0 Å². The summed E-state index contributed by atoms with van der Waals surface area (Å²) in [6.45, 7) is 8.55. The first-order valence-corrected chi connectivity index (χ1v) is 11.1. The van der Waals surface area contributed by atoms with Crippen LogP contribution in [0, 0.1) is 19.8 Å². The lowest BCUT2D eigenvalue weighted by atomic mass is 10.1. The standard InChI is InChI=1S/C23H27N5O2S/c1-15(2)13-24-22(30)25-20(29)14-31-23-27-26-21(18-9-5-16(3)6-10-18)28(23)19-11-7-17(4)8-12-19/h5-12,15H,13-14H2,1-4H3,(H2,24,25,29,30). The van der Waals surface area contributed by atoms with Crippen molar-refractivity contribution in [3.8, 4) is 17.1 Å². The fourth-order valence-corrected chi connectivity index (χ4v) is 3.57. The topological polar surface area (TPSA) is 88.9 Å². The molecule has 3 amide bonds. The Bertz CT molecular complexity index is 1040. The van der Waals surface area contributed by atoms with Gasteiger partial charge in [-0.05, 0) is 31.9 Å². The van der Waals surface area contributed by atoms with Crippen molar-refractivity contribution < 1.29 is 9.59 Å². The van der Waals surface area contributed by atoms with E-state index in [0.717, 1.165) is 22.4 Å². The summed E-state index contributed by atoms with van der Waals surface area (Å²) in [6, 6.07) is 15.6. The molecule has 0 radical (unpaired) electrons. The number of hydrogen-bond acceptors (Lipinski definition) is 5. The Morgan fingerprint density at radius 2 is 1.58 bits per heavy atom. The predicted molar refractivity (Wildman–Crippen MR) is 123 cm³/mol. The van der Waals surface area contributed by atoms with E-state index in [-0.39, 0.29) is 11.7 Å². The van der Waals surface area contributed by atoms with Crippen LogP contribution < -0.4 is 10.6 Å². The number of aromatic nitrogens is 3. The minimum Gasteiger partial charge on any atom is -0.338 e. The second kappa shape index (κ2) is 10.3. The summed E-state index contributed by atoms with van der Waals surface area (Å²) < 4.78 is 1.93. The molecule has 8 heteroatoms. The molecular formula is C23H27N5O2S. The Kier molecular flexibility index (Phi) is 7.46. The van der Waals surface area contributed by atoms with Gasteiger partial charge in [-0.1, -0.05) is 73.1 Å². The number of carbonyl (C=O) groups excluding carboxylic acids is 2. The van der Waals surface area contributed by atoms with Gasteiger partial charge in [0.2, 0.25) is 5.91 Å². The fourth-order valence-electron chi connectivity index (χ4n) is 2.81. The minimum absolute atomic E-state index is 0.0486. The molecule has 1 heterocycles. The third kappa shape index (κ3) is 6.18. The first-order valence-electron chi connectivity index (χ1n) is 10.1. The highest BCUT2D eigenvalue weighted by Gasteiger charge is 2.18. The van der Waals surface area contributed by atoms with Gasteiger partial charge in [-0.25, -0.2) is 4.79 Å². The summed E-state index contributed by atoms with van der Waals surface area (Å²) in [6.07, 6.45) is 0. The molecule has 2 aromatic carbocycles. The summed E-state index contributed by atoms with van der Waals surface area (Å²) in [4.78, 5) is 24.0. The van der Waals surface area contributed by atoms with Crippen LogP contribution in [0.15, 0.2) is 53.7 Å². The maximum atomic E-state index is 12.2. The van der Waals surface area contributed by atoms with Gasteiger partial charge in [0.05, 0.1) is 5.75 Å². The molecule has 0 fully saturated rings. The van der Waals surface area contributed by atoms with Gasteiger partial charge in [-0.2, -0.15) is 0 Å². The van der Waals surface area contributed by atoms with E-state index in [4.69, 9.17) is 0 Å². The van der Waals surface area contributed by atoms with Crippen LogP contribution in [0.2, 0.25) is 0 Å². The number of aryl methyl sites for hydroxylation is 2. The minimum atomic E-state index is -0.486. The molecule has 0 aliphatic rings. The SMILES string of the molecule is Cc1ccc(-c2nnc(SCC(=O)NC(=O)NCC(C)C)n2-c2ccc(C)cc2)cc1. The maximum Gasteiger partial charge on any atom is 0.321 e. The van der Waals surface area contributed by atoms with Crippen LogP contribution in [0.1, 0.15) is 25.0 Å². The van der Waals surface area contributed by atoms with Crippen LogP contribution in [0.4, 0.5) is 4.79 Å². The highest BCUT2D eigenvalue weighted by molar-refractivity contribution is 7.99. The van der Waals surface area contributed by atoms with E-state index in [1.54, 1.807) is 0 Å². The molecule has 0 unspecified atom stereocenters. The molecule has 3 rings (SSSR count). The van der Waals surface area contributed by atoms with Crippen LogP contribution in [0.3, 0.4) is 0 Å². The monoisotopic (exact) mass is 437 g/mol. The van der Waals surface area contributed by atoms with Crippen molar-refractivity contribution in [2.45, 2.75) is 32.9 Å². The zero-order valence-electron chi connectivity index (χ0n) is 18.2. The molecule has 0 aliphatic heterocycles. The Labute approximate surface area is 186 Å².